The van der Waals surface area contributed by atoms with E-state index in [1.54, 1.807) is 18.2 Å². The maximum Gasteiger partial charge on any atom is 0.126 e. The molecule has 0 aliphatic heterocycles. The van der Waals surface area contributed by atoms with Crippen LogP contribution in [0.2, 0.25) is 5.02 Å². The summed E-state index contributed by atoms with van der Waals surface area (Å²) in [5.74, 6) is 1.19. The molecule has 0 radical (unpaired) electrons. The Morgan fingerprint density at radius 2 is 2.05 bits per heavy atom. The van der Waals surface area contributed by atoms with Crippen LogP contribution in [0.1, 0.15) is 37.7 Å². The second kappa shape index (κ2) is 7.13. The lowest BCUT2D eigenvalue weighted by molar-refractivity contribution is 0.0843. The minimum atomic E-state index is -0.450. The molecule has 1 fully saturated rings. The van der Waals surface area contributed by atoms with Crippen molar-refractivity contribution in [1.29, 1.82) is 0 Å². The Balaban J connectivity index is 1.85. The third kappa shape index (κ3) is 4.10. The van der Waals surface area contributed by atoms with Crippen LogP contribution in [0.5, 0.6) is 5.75 Å². The van der Waals surface area contributed by atoms with E-state index in [0.717, 1.165) is 6.42 Å². The van der Waals surface area contributed by atoms with E-state index >= 15 is 0 Å². The first-order valence-electron chi connectivity index (χ1n) is 6.90. The fourth-order valence-corrected chi connectivity index (χ4v) is 2.94. The van der Waals surface area contributed by atoms with Crippen LogP contribution in [-0.4, -0.2) is 22.9 Å². The Kier molecular flexibility index (Phi) is 5.49. The topological polar surface area (TPSA) is 49.7 Å². The van der Waals surface area contributed by atoms with Gasteiger partial charge in [0, 0.05) is 10.6 Å². The number of rotatable bonds is 6. The van der Waals surface area contributed by atoms with Crippen molar-refractivity contribution in [3.8, 4) is 5.75 Å². The van der Waals surface area contributed by atoms with Crippen LogP contribution in [-0.2, 0) is 6.61 Å². The van der Waals surface area contributed by atoms with Crippen LogP contribution in [0.15, 0.2) is 18.2 Å². The molecule has 0 heterocycles. The minimum absolute atomic E-state index is 0.159. The van der Waals surface area contributed by atoms with Crippen molar-refractivity contribution >= 4 is 11.6 Å². The van der Waals surface area contributed by atoms with Crippen LogP contribution >= 0.6 is 11.6 Å². The second-order valence-corrected chi connectivity index (χ2v) is 5.63. The van der Waals surface area contributed by atoms with Gasteiger partial charge in [0.25, 0.3) is 0 Å². The molecule has 0 aromatic heterocycles. The smallest absolute Gasteiger partial charge is 0.126 e. The number of aliphatic hydroxyl groups excluding tert-OH is 2. The Labute approximate surface area is 119 Å². The standard InChI is InChI=1S/C15H21ClO3/c16-14-6-3-7-15(13(14)9-17)19-10-12(18)8-11-4-1-2-5-11/h3,6-7,11-12,17-18H,1-2,4-5,8-10H2. The molecule has 4 heteroatoms. The molecular weight excluding hydrogens is 264 g/mol. The summed E-state index contributed by atoms with van der Waals surface area (Å²) in [6.45, 7) is 0.0948. The van der Waals surface area contributed by atoms with E-state index in [1.165, 1.54) is 25.7 Å². The molecule has 106 valence electrons. The molecule has 1 aromatic rings. The average Bonchev–Trinajstić information content (AvgIpc) is 2.89. The average molecular weight is 285 g/mol. The number of hydrogen-bond donors (Lipinski definition) is 2. The van der Waals surface area contributed by atoms with Gasteiger partial charge in [0.05, 0.1) is 12.7 Å². The van der Waals surface area contributed by atoms with Gasteiger partial charge in [-0.3, -0.25) is 0 Å². The minimum Gasteiger partial charge on any atom is -0.490 e. The van der Waals surface area contributed by atoms with Crippen molar-refractivity contribution < 1.29 is 14.9 Å². The summed E-state index contributed by atoms with van der Waals surface area (Å²) in [7, 11) is 0. The Morgan fingerprint density at radius 1 is 1.32 bits per heavy atom. The Morgan fingerprint density at radius 3 is 2.74 bits per heavy atom. The van der Waals surface area contributed by atoms with E-state index in [1.807, 2.05) is 0 Å². The molecule has 2 N–H and O–H groups in total. The van der Waals surface area contributed by atoms with Gasteiger partial charge >= 0.3 is 0 Å². The molecule has 1 aliphatic rings. The molecule has 1 unspecified atom stereocenters. The van der Waals surface area contributed by atoms with Crippen LogP contribution in [0.25, 0.3) is 0 Å². The lowest BCUT2D eigenvalue weighted by Crippen LogP contribution is -2.20. The molecule has 1 aromatic carbocycles. The first kappa shape index (κ1) is 14.6. The van der Waals surface area contributed by atoms with Gasteiger partial charge in [-0.15, -0.1) is 0 Å². The van der Waals surface area contributed by atoms with E-state index in [-0.39, 0.29) is 13.2 Å². The number of hydrogen-bond acceptors (Lipinski definition) is 3. The quantitative estimate of drug-likeness (QED) is 0.844. The first-order valence-corrected chi connectivity index (χ1v) is 7.27. The maximum atomic E-state index is 9.98. The van der Waals surface area contributed by atoms with Gasteiger partial charge < -0.3 is 14.9 Å². The molecule has 19 heavy (non-hydrogen) atoms. The van der Waals surface area contributed by atoms with Gasteiger partial charge in [0.15, 0.2) is 0 Å². The van der Waals surface area contributed by atoms with Crippen LogP contribution in [0.3, 0.4) is 0 Å². The molecule has 0 amide bonds. The van der Waals surface area contributed by atoms with Crippen molar-refractivity contribution in [2.24, 2.45) is 5.92 Å². The van der Waals surface area contributed by atoms with Crippen LogP contribution in [0.4, 0.5) is 0 Å². The van der Waals surface area contributed by atoms with Gasteiger partial charge in [-0.1, -0.05) is 43.4 Å². The zero-order valence-electron chi connectivity index (χ0n) is 11.0. The summed E-state index contributed by atoms with van der Waals surface area (Å²) in [6.07, 6.45) is 5.34. The summed E-state index contributed by atoms with van der Waals surface area (Å²) < 4.78 is 5.59. The van der Waals surface area contributed by atoms with Crippen molar-refractivity contribution in [2.75, 3.05) is 6.61 Å². The van der Waals surface area contributed by atoms with Gasteiger partial charge in [0.1, 0.15) is 12.4 Å². The summed E-state index contributed by atoms with van der Waals surface area (Å²) in [5, 5.41) is 19.7. The van der Waals surface area contributed by atoms with Crippen molar-refractivity contribution in [2.45, 2.75) is 44.8 Å². The first-order chi connectivity index (χ1) is 9.20. The monoisotopic (exact) mass is 284 g/mol. The molecule has 2 rings (SSSR count). The van der Waals surface area contributed by atoms with Gasteiger partial charge in [0.2, 0.25) is 0 Å². The maximum absolute atomic E-state index is 9.98. The highest BCUT2D eigenvalue weighted by molar-refractivity contribution is 6.31. The highest BCUT2D eigenvalue weighted by Gasteiger charge is 2.19. The molecule has 0 saturated heterocycles. The van der Waals surface area contributed by atoms with Crippen molar-refractivity contribution in [3.05, 3.63) is 28.8 Å². The molecule has 1 saturated carbocycles. The molecular formula is C15H21ClO3. The Hall–Kier alpha value is -0.770. The largest absolute Gasteiger partial charge is 0.490 e. The van der Waals surface area contributed by atoms with Gasteiger partial charge in [-0.2, -0.15) is 0 Å². The number of benzene rings is 1. The number of aliphatic hydroxyl groups is 2. The second-order valence-electron chi connectivity index (χ2n) is 5.23. The van der Waals surface area contributed by atoms with Gasteiger partial charge in [-0.25, -0.2) is 0 Å². The lowest BCUT2D eigenvalue weighted by atomic mass is 10.0. The van der Waals surface area contributed by atoms with Crippen molar-refractivity contribution in [1.82, 2.24) is 0 Å². The molecule has 1 aliphatic carbocycles. The highest BCUT2D eigenvalue weighted by atomic mass is 35.5. The normalized spacial score (nSPS) is 17.6. The molecule has 0 spiro atoms. The summed E-state index contributed by atoms with van der Waals surface area (Å²) in [5.41, 5.74) is 0.581. The third-order valence-electron chi connectivity index (χ3n) is 3.75. The van der Waals surface area contributed by atoms with Crippen molar-refractivity contribution in [3.63, 3.8) is 0 Å². The van der Waals surface area contributed by atoms with E-state index in [0.29, 0.717) is 22.3 Å². The summed E-state index contributed by atoms with van der Waals surface area (Å²) in [4.78, 5) is 0. The molecule has 1 atom stereocenters. The van der Waals surface area contributed by atoms with Crippen LogP contribution < -0.4 is 4.74 Å². The Bertz CT molecular complexity index is 402. The SMILES string of the molecule is OCc1c(Cl)cccc1OCC(O)CC1CCCC1. The fourth-order valence-electron chi connectivity index (χ4n) is 2.71. The molecule has 0 bridgehead atoms. The fraction of sp³-hybridized carbons (Fsp3) is 0.600. The van der Waals surface area contributed by atoms with E-state index in [2.05, 4.69) is 0 Å². The summed E-state index contributed by atoms with van der Waals surface area (Å²) >= 11 is 5.98. The highest BCUT2D eigenvalue weighted by Crippen LogP contribution is 2.29. The predicted molar refractivity (Wildman–Crippen MR) is 75.5 cm³/mol. The zero-order valence-corrected chi connectivity index (χ0v) is 11.8. The van der Waals surface area contributed by atoms with Gasteiger partial charge in [-0.05, 0) is 24.5 Å². The van der Waals surface area contributed by atoms with E-state index < -0.39 is 6.10 Å². The predicted octanol–water partition coefficient (Wildman–Crippen LogP) is 3.15. The lowest BCUT2D eigenvalue weighted by Gasteiger charge is -2.17. The van der Waals surface area contributed by atoms with Crippen LogP contribution in [0, 0.1) is 5.92 Å². The zero-order chi connectivity index (χ0) is 13.7. The van der Waals surface area contributed by atoms with E-state index in [9.17, 15) is 10.2 Å². The summed E-state index contributed by atoms with van der Waals surface area (Å²) in [6, 6.07) is 5.26. The number of ether oxygens (including phenoxy) is 1. The van der Waals surface area contributed by atoms with E-state index in [4.69, 9.17) is 16.3 Å². The molecule has 3 nitrogen and oxygen atoms in total. The third-order valence-corrected chi connectivity index (χ3v) is 4.10. The number of halogens is 1.